The minimum absolute atomic E-state index is 0.321. The van der Waals surface area contributed by atoms with E-state index in [0.717, 1.165) is 38.2 Å². The fourth-order valence-corrected chi connectivity index (χ4v) is 2.45. The Morgan fingerprint density at radius 3 is 2.67 bits per heavy atom. The first-order valence-corrected chi connectivity index (χ1v) is 7.21. The second-order valence-corrected chi connectivity index (χ2v) is 5.20. The molecule has 1 aliphatic rings. The van der Waals surface area contributed by atoms with E-state index in [0.29, 0.717) is 17.4 Å². The Hall–Kier alpha value is -2.01. The summed E-state index contributed by atoms with van der Waals surface area (Å²) in [6.07, 6.45) is 5.40. The molecule has 2 aromatic heterocycles. The van der Waals surface area contributed by atoms with Gasteiger partial charge in [0.25, 0.3) is 0 Å². The lowest BCUT2D eigenvalue weighted by atomic mass is 10.0. The highest BCUT2D eigenvalue weighted by atomic mass is 19.1. The third-order valence-corrected chi connectivity index (χ3v) is 3.71. The molecule has 110 valence electrons. The summed E-state index contributed by atoms with van der Waals surface area (Å²) in [7, 11) is 0. The molecule has 0 aliphatic carbocycles. The van der Waals surface area contributed by atoms with Crippen LogP contribution in [0.1, 0.15) is 12.8 Å². The molecule has 4 nitrogen and oxygen atoms in total. The number of hydrogen-bond donors (Lipinski definition) is 1. The third kappa shape index (κ3) is 3.55. The van der Waals surface area contributed by atoms with Crippen molar-refractivity contribution in [2.45, 2.75) is 12.8 Å². The van der Waals surface area contributed by atoms with Crippen LogP contribution in [0.5, 0.6) is 0 Å². The summed E-state index contributed by atoms with van der Waals surface area (Å²) in [4.78, 5) is 8.32. The highest BCUT2D eigenvalue weighted by Crippen LogP contribution is 2.22. The van der Waals surface area contributed by atoms with Gasteiger partial charge >= 0.3 is 0 Å². The molecule has 1 fully saturated rings. The van der Waals surface area contributed by atoms with Gasteiger partial charge in [0.2, 0.25) is 0 Å². The Kier molecular flexibility index (Phi) is 4.40. The first-order valence-electron chi connectivity index (χ1n) is 7.21. The van der Waals surface area contributed by atoms with Crippen molar-refractivity contribution in [3.05, 3.63) is 42.5 Å². The summed E-state index contributed by atoms with van der Waals surface area (Å²) in [5.41, 5.74) is 1.09. The summed E-state index contributed by atoms with van der Waals surface area (Å²) in [5.74, 6) is 0.975. The summed E-state index contributed by atoms with van der Waals surface area (Å²) >= 11 is 0. The quantitative estimate of drug-likeness (QED) is 0.938. The molecular weight excluding hydrogens is 269 g/mol. The minimum Gasteiger partial charge on any atom is -0.381 e. The van der Waals surface area contributed by atoms with Crippen LogP contribution in [0, 0.1) is 11.7 Å². The Labute approximate surface area is 123 Å². The van der Waals surface area contributed by atoms with Gasteiger partial charge in [-0.25, -0.2) is 9.37 Å². The average Bonchev–Trinajstić information content (AvgIpc) is 2.56. The number of ether oxygens (including phenoxy) is 1. The fraction of sp³-hybridized carbons (Fsp3) is 0.375. The van der Waals surface area contributed by atoms with Crippen LogP contribution in [0.25, 0.3) is 11.3 Å². The lowest BCUT2D eigenvalue weighted by molar-refractivity contribution is 0.0699. The van der Waals surface area contributed by atoms with Crippen molar-refractivity contribution in [3.63, 3.8) is 0 Å². The summed E-state index contributed by atoms with van der Waals surface area (Å²) in [5, 5.41) is 3.30. The van der Waals surface area contributed by atoms with Gasteiger partial charge in [-0.3, -0.25) is 4.98 Å². The van der Waals surface area contributed by atoms with E-state index in [1.807, 2.05) is 0 Å². The molecule has 0 aromatic carbocycles. The average molecular weight is 287 g/mol. The molecule has 2 aromatic rings. The summed E-state index contributed by atoms with van der Waals surface area (Å²) in [6.45, 7) is 2.49. The largest absolute Gasteiger partial charge is 0.381 e. The molecule has 0 spiro atoms. The number of nitrogens with zero attached hydrogens (tertiary/aromatic N) is 2. The van der Waals surface area contributed by atoms with Gasteiger partial charge in [0.05, 0.1) is 0 Å². The van der Waals surface area contributed by atoms with E-state index in [2.05, 4.69) is 15.3 Å². The second kappa shape index (κ2) is 6.63. The first-order chi connectivity index (χ1) is 10.3. The van der Waals surface area contributed by atoms with Crippen molar-refractivity contribution >= 4 is 5.82 Å². The zero-order valence-electron chi connectivity index (χ0n) is 11.8. The molecule has 0 saturated carbocycles. The van der Waals surface area contributed by atoms with E-state index in [4.69, 9.17) is 4.74 Å². The molecule has 0 unspecified atom stereocenters. The monoisotopic (exact) mass is 287 g/mol. The van der Waals surface area contributed by atoms with Crippen LogP contribution in [0.2, 0.25) is 0 Å². The Morgan fingerprint density at radius 1 is 1.14 bits per heavy atom. The van der Waals surface area contributed by atoms with Gasteiger partial charge < -0.3 is 10.1 Å². The maximum absolute atomic E-state index is 13.9. The topological polar surface area (TPSA) is 47.0 Å². The molecule has 3 heterocycles. The Morgan fingerprint density at radius 2 is 1.90 bits per heavy atom. The lowest BCUT2D eigenvalue weighted by Gasteiger charge is -2.22. The standard InChI is InChI=1S/C16H18FN3O/c17-14-1-2-15(19-11-12-5-9-21-10-6-12)20-16(14)13-3-7-18-8-4-13/h1-4,7-8,12H,5-6,9-11H2,(H,19,20). The van der Waals surface area contributed by atoms with E-state index < -0.39 is 0 Å². The van der Waals surface area contributed by atoms with Crippen molar-refractivity contribution in [3.8, 4) is 11.3 Å². The van der Waals surface area contributed by atoms with Crippen molar-refractivity contribution < 1.29 is 9.13 Å². The zero-order chi connectivity index (χ0) is 14.5. The highest BCUT2D eigenvalue weighted by molar-refractivity contribution is 5.61. The van der Waals surface area contributed by atoms with E-state index in [-0.39, 0.29) is 5.82 Å². The molecule has 1 aliphatic heterocycles. The van der Waals surface area contributed by atoms with Crippen molar-refractivity contribution in [1.29, 1.82) is 0 Å². The van der Waals surface area contributed by atoms with Gasteiger partial charge in [0, 0.05) is 37.7 Å². The van der Waals surface area contributed by atoms with Gasteiger partial charge in [-0.05, 0) is 43.0 Å². The Bertz CT molecular complexity index is 585. The van der Waals surface area contributed by atoms with Crippen LogP contribution in [-0.4, -0.2) is 29.7 Å². The maximum atomic E-state index is 13.9. The van der Waals surface area contributed by atoms with Crippen LogP contribution in [0.15, 0.2) is 36.7 Å². The normalized spacial score (nSPS) is 15.9. The minimum atomic E-state index is -0.321. The number of halogens is 1. The van der Waals surface area contributed by atoms with E-state index in [9.17, 15) is 4.39 Å². The maximum Gasteiger partial charge on any atom is 0.149 e. The molecule has 5 heteroatoms. The molecule has 3 rings (SSSR count). The van der Waals surface area contributed by atoms with Crippen LogP contribution >= 0.6 is 0 Å². The van der Waals surface area contributed by atoms with Gasteiger partial charge in [0.1, 0.15) is 17.3 Å². The second-order valence-electron chi connectivity index (χ2n) is 5.20. The van der Waals surface area contributed by atoms with Crippen molar-refractivity contribution in [2.24, 2.45) is 5.92 Å². The van der Waals surface area contributed by atoms with Gasteiger partial charge in [-0.15, -0.1) is 0 Å². The number of hydrogen-bond acceptors (Lipinski definition) is 4. The first kappa shape index (κ1) is 13.9. The van der Waals surface area contributed by atoms with E-state index in [1.165, 1.54) is 6.07 Å². The number of anilines is 1. The van der Waals surface area contributed by atoms with Crippen LogP contribution in [-0.2, 0) is 4.74 Å². The zero-order valence-corrected chi connectivity index (χ0v) is 11.8. The lowest BCUT2D eigenvalue weighted by Crippen LogP contribution is -2.23. The molecule has 0 atom stereocenters. The molecule has 1 saturated heterocycles. The van der Waals surface area contributed by atoms with Crippen molar-refractivity contribution in [1.82, 2.24) is 9.97 Å². The van der Waals surface area contributed by atoms with Gasteiger partial charge in [0.15, 0.2) is 0 Å². The molecule has 0 radical (unpaired) electrons. The highest BCUT2D eigenvalue weighted by Gasteiger charge is 2.14. The summed E-state index contributed by atoms with van der Waals surface area (Å²) < 4.78 is 19.3. The molecule has 21 heavy (non-hydrogen) atoms. The number of pyridine rings is 2. The molecule has 0 amide bonds. The van der Waals surface area contributed by atoms with Gasteiger partial charge in [-0.2, -0.15) is 0 Å². The van der Waals surface area contributed by atoms with Crippen LogP contribution < -0.4 is 5.32 Å². The molecular formula is C16H18FN3O. The van der Waals surface area contributed by atoms with Crippen molar-refractivity contribution in [2.75, 3.05) is 25.1 Å². The predicted molar refractivity (Wildman–Crippen MR) is 79.5 cm³/mol. The molecule has 1 N–H and O–H groups in total. The number of nitrogens with one attached hydrogen (secondary N) is 1. The number of rotatable bonds is 4. The predicted octanol–water partition coefficient (Wildman–Crippen LogP) is 3.12. The Balaban J connectivity index is 1.72. The van der Waals surface area contributed by atoms with Crippen LogP contribution in [0.4, 0.5) is 10.2 Å². The fourth-order valence-electron chi connectivity index (χ4n) is 2.45. The smallest absolute Gasteiger partial charge is 0.149 e. The van der Waals surface area contributed by atoms with Gasteiger partial charge in [-0.1, -0.05) is 0 Å². The van der Waals surface area contributed by atoms with Crippen LogP contribution in [0.3, 0.4) is 0 Å². The SMILES string of the molecule is Fc1ccc(NCC2CCOCC2)nc1-c1ccncc1. The van der Waals surface area contributed by atoms with E-state index >= 15 is 0 Å². The number of aromatic nitrogens is 2. The summed E-state index contributed by atoms with van der Waals surface area (Å²) in [6, 6.07) is 6.65. The molecule has 0 bridgehead atoms. The van der Waals surface area contributed by atoms with E-state index in [1.54, 1.807) is 30.6 Å². The third-order valence-electron chi connectivity index (χ3n) is 3.71.